The van der Waals surface area contributed by atoms with Crippen molar-refractivity contribution in [3.8, 4) is 0 Å². The summed E-state index contributed by atoms with van der Waals surface area (Å²) in [6, 6.07) is 7.74. The second-order valence-corrected chi connectivity index (χ2v) is 12.6. The molecule has 0 saturated carbocycles. The first-order valence-electron chi connectivity index (χ1n) is 12.3. The number of amides is 4. The number of thiophene rings is 1. The van der Waals surface area contributed by atoms with E-state index in [0.717, 1.165) is 5.41 Å². The Morgan fingerprint density at radius 1 is 1.08 bits per heavy atom. The van der Waals surface area contributed by atoms with Gasteiger partial charge in [-0.25, -0.2) is 8.42 Å². The molecule has 2 aliphatic heterocycles. The van der Waals surface area contributed by atoms with Crippen molar-refractivity contribution in [2.45, 2.75) is 37.8 Å². The molecule has 4 rings (SSSR count). The molecular weight excluding hydrogens is 566 g/mol. The van der Waals surface area contributed by atoms with Crippen LogP contribution in [0.15, 0.2) is 41.8 Å². The summed E-state index contributed by atoms with van der Waals surface area (Å²) >= 11 is 7.09. The molecule has 2 saturated heterocycles. The van der Waals surface area contributed by atoms with Gasteiger partial charge in [-0.2, -0.15) is 4.72 Å². The highest BCUT2D eigenvalue weighted by molar-refractivity contribution is 7.92. The third kappa shape index (κ3) is 7.44. The highest BCUT2D eigenvalue weighted by Crippen LogP contribution is 2.23. The van der Waals surface area contributed by atoms with E-state index in [1.54, 1.807) is 24.3 Å². The molecule has 2 aromatic rings. The number of nitrogens with two attached hydrogens (primary N) is 1. The summed E-state index contributed by atoms with van der Waals surface area (Å²) in [5.74, 6) is -1.83. The molecule has 14 heteroatoms. The molecule has 0 aliphatic carbocycles. The molecule has 0 radical (unpaired) electrons. The van der Waals surface area contributed by atoms with Gasteiger partial charge in [0.2, 0.25) is 33.7 Å². The van der Waals surface area contributed by atoms with Gasteiger partial charge in [-0.3, -0.25) is 19.2 Å². The summed E-state index contributed by atoms with van der Waals surface area (Å²) in [4.78, 5) is 53.8. The molecular formula is C25H28ClN5O6S2. The number of piperidine rings is 1. The third-order valence-corrected chi connectivity index (χ3v) is 8.79. The predicted octanol–water partition coefficient (Wildman–Crippen LogP) is 2.01. The van der Waals surface area contributed by atoms with Gasteiger partial charge < -0.3 is 20.9 Å². The Hall–Kier alpha value is -3.26. The van der Waals surface area contributed by atoms with E-state index in [-0.39, 0.29) is 18.4 Å². The standard InChI is InChI=1S/C25H28ClN5O6S2/c26-21-10-9-18(38-21)11-14-39(36,37)29-19-3-1-12-30(25(19)35)15-22(32)31-13-2-4-20(31)24(34)28-17-7-5-16(6-8-17)23(27)33/h5-11,14,19-20,29H,1-4,12-13,15H2,(H2,27,33)(H,28,34)/b14-11+/t19-,20+/m0/s1. The lowest BCUT2D eigenvalue weighted by Gasteiger charge is -2.33. The lowest BCUT2D eigenvalue weighted by atomic mass is 10.1. The first-order chi connectivity index (χ1) is 18.5. The largest absolute Gasteiger partial charge is 0.366 e. The fourth-order valence-corrected chi connectivity index (χ4v) is 6.62. The Morgan fingerprint density at radius 3 is 2.46 bits per heavy atom. The maximum Gasteiger partial charge on any atom is 0.248 e. The van der Waals surface area contributed by atoms with Gasteiger partial charge in [0.15, 0.2) is 0 Å². The Balaban J connectivity index is 1.34. The minimum Gasteiger partial charge on any atom is -0.366 e. The van der Waals surface area contributed by atoms with Crippen LogP contribution in [0.1, 0.15) is 40.9 Å². The number of hydrogen-bond donors (Lipinski definition) is 3. The first-order valence-corrected chi connectivity index (χ1v) is 15.0. The van der Waals surface area contributed by atoms with Crippen molar-refractivity contribution >= 4 is 68.4 Å². The molecule has 39 heavy (non-hydrogen) atoms. The summed E-state index contributed by atoms with van der Waals surface area (Å²) in [5.41, 5.74) is 6.01. The molecule has 4 amide bonds. The number of carbonyl (C=O) groups is 4. The van der Waals surface area contributed by atoms with Crippen LogP contribution in [0.3, 0.4) is 0 Å². The number of primary amides is 1. The molecule has 208 valence electrons. The van der Waals surface area contributed by atoms with Gasteiger partial charge in [-0.1, -0.05) is 11.6 Å². The summed E-state index contributed by atoms with van der Waals surface area (Å²) in [5, 5.41) is 3.74. The summed E-state index contributed by atoms with van der Waals surface area (Å²) in [7, 11) is -3.92. The van der Waals surface area contributed by atoms with Crippen molar-refractivity contribution in [2.75, 3.05) is 25.0 Å². The van der Waals surface area contributed by atoms with E-state index < -0.39 is 33.9 Å². The van der Waals surface area contributed by atoms with Crippen molar-refractivity contribution in [3.63, 3.8) is 0 Å². The molecule has 0 spiro atoms. The molecule has 2 fully saturated rings. The second kappa shape index (κ2) is 12.3. The quantitative estimate of drug-likeness (QED) is 0.403. The predicted molar refractivity (Wildman–Crippen MR) is 148 cm³/mol. The Morgan fingerprint density at radius 2 is 1.79 bits per heavy atom. The number of nitrogens with one attached hydrogen (secondary N) is 2. The normalized spacial score (nSPS) is 20.0. The van der Waals surface area contributed by atoms with Gasteiger partial charge in [0.25, 0.3) is 0 Å². The maximum absolute atomic E-state index is 13.1. The van der Waals surface area contributed by atoms with Crippen LogP contribution in [-0.2, 0) is 24.4 Å². The smallest absolute Gasteiger partial charge is 0.248 e. The molecule has 2 atom stereocenters. The van der Waals surface area contributed by atoms with E-state index in [0.29, 0.717) is 59.2 Å². The minimum absolute atomic E-state index is 0.252. The van der Waals surface area contributed by atoms with Crippen molar-refractivity contribution in [3.05, 3.63) is 56.6 Å². The van der Waals surface area contributed by atoms with E-state index >= 15 is 0 Å². The molecule has 4 N–H and O–H groups in total. The van der Waals surface area contributed by atoms with Crippen LogP contribution < -0.4 is 15.8 Å². The number of halogens is 1. The number of anilines is 1. The zero-order valence-corrected chi connectivity index (χ0v) is 23.2. The van der Waals surface area contributed by atoms with E-state index in [2.05, 4.69) is 10.0 Å². The molecule has 11 nitrogen and oxygen atoms in total. The number of nitrogens with zero attached hydrogens (tertiary/aromatic N) is 2. The van der Waals surface area contributed by atoms with Gasteiger partial charge in [-0.15, -0.1) is 11.3 Å². The van der Waals surface area contributed by atoms with E-state index in [9.17, 15) is 27.6 Å². The third-order valence-electron chi connectivity index (χ3n) is 6.48. The monoisotopic (exact) mass is 593 g/mol. The average Bonchev–Trinajstić information content (AvgIpc) is 3.55. The van der Waals surface area contributed by atoms with Crippen LogP contribution in [0.5, 0.6) is 0 Å². The number of likely N-dealkylation sites (tertiary alicyclic amines) is 2. The van der Waals surface area contributed by atoms with Crippen molar-refractivity contribution in [2.24, 2.45) is 5.73 Å². The van der Waals surface area contributed by atoms with Gasteiger partial charge in [0.1, 0.15) is 12.1 Å². The van der Waals surface area contributed by atoms with E-state index in [1.807, 2.05) is 0 Å². The number of benzene rings is 1. The number of sulfonamides is 1. The number of rotatable bonds is 9. The van der Waals surface area contributed by atoms with E-state index in [4.69, 9.17) is 17.3 Å². The van der Waals surface area contributed by atoms with Crippen LogP contribution in [0.4, 0.5) is 5.69 Å². The van der Waals surface area contributed by atoms with Gasteiger partial charge in [0, 0.05) is 34.6 Å². The van der Waals surface area contributed by atoms with Gasteiger partial charge in [-0.05, 0) is 68.2 Å². The summed E-state index contributed by atoms with van der Waals surface area (Å²) < 4.78 is 28.0. The van der Waals surface area contributed by atoms with E-state index in [1.165, 1.54) is 39.3 Å². The Labute approximate surface area is 235 Å². The van der Waals surface area contributed by atoms with Crippen LogP contribution in [0.2, 0.25) is 4.34 Å². The van der Waals surface area contributed by atoms with Crippen LogP contribution in [0, 0.1) is 0 Å². The number of hydrogen-bond acceptors (Lipinski definition) is 7. The van der Waals surface area contributed by atoms with Gasteiger partial charge in [0.05, 0.1) is 10.9 Å². The second-order valence-electron chi connectivity index (χ2n) is 9.24. The number of carbonyl (C=O) groups excluding carboxylic acids is 4. The lowest BCUT2D eigenvalue weighted by molar-refractivity contribution is -0.144. The van der Waals surface area contributed by atoms with Crippen molar-refractivity contribution < 1.29 is 27.6 Å². The van der Waals surface area contributed by atoms with Crippen LogP contribution in [0.25, 0.3) is 6.08 Å². The lowest BCUT2D eigenvalue weighted by Crippen LogP contribution is -2.55. The summed E-state index contributed by atoms with van der Waals surface area (Å²) in [6.07, 6.45) is 3.32. The zero-order chi connectivity index (χ0) is 28.2. The SMILES string of the molecule is NC(=O)c1ccc(NC(=O)[C@H]2CCCN2C(=O)CN2CCC[C@H](NS(=O)(=O)/C=C/c3ccc(Cl)s3)C2=O)cc1. The highest BCUT2D eigenvalue weighted by Gasteiger charge is 2.37. The molecule has 1 aromatic heterocycles. The highest BCUT2D eigenvalue weighted by atomic mass is 35.5. The zero-order valence-electron chi connectivity index (χ0n) is 20.8. The molecule has 2 aliphatic rings. The fourth-order valence-electron chi connectivity index (χ4n) is 4.55. The molecule has 0 unspecified atom stereocenters. The Kier molecular flexibility index (Phi) is 9.05. The van der Waals surface area contributed by atoms with Crippen LogP contribution >= 0.6 is 22.9 Å². The Bertz CT molecular complexity index is 1390. The molecule has 0 bridgehead atoms. The first kappa shape index (κ1) is 28.7. The average molecular weight is 594 g/mol. The molecule has 1 aromatic carbocycles. The maximum atomic E-state index is 13.1. The molecule has 3 heterocycles. The van der Waals surface area contributed by atoms with Crippen molar-refractivity contribution in [1.82, 2.24) is 14.5 Å². The summed E-state index contributed by atoms with van der Waals surface area (Å²) in [6.45, 7) is 0.425. The fraction of sp³-hybridized carbons (Fsp3) is 0.360. The van der Waals surface area contributed by atoms with Crippen molar-refractivity contribution in [1.29, 1.82) is 0 Å². The van der Waals surface area contributed by atoms with Crippen LogP contribution in [-0.4, -0.2) is 73.6 Å². The minimum atomic E-state index is -3.92. The van der Waals surface area contributed by atoms with Gasteiger partial charge >= 0.3 is 0 Å². The topological polar surface area (TPSA) is 159 Å².